The third-order valence-corrected chi connectivity index (χ3v) is 3.72. The third-order valence-electron chi connectivity index (χ3n) is 3.72. The largest absolute Gasteiger partial charge is 0.379 e. The maximum absolute atomic E-state index is 12.4. The van der Waals surface area contributed by atoms with Gasteiger partial charge in [0.15, 0.2) is 5.69 Å². The molecular formula is C14H22N4O2. The van der Waals surface area contributed by atoms with Gasteiger partial charge in [-0.25, -0.2) is 0 Å². The number of likely N-dealkylation sites (tertiary alicyclic amines) is 1. The zero-order valence-corrected chi connectivity index (χ0v) is 12.3. The lowest BCUT2D eigenvalue weighted by molar-refractivity contribution is -0.00181. The predicted molar refractivity (Wildman–Crippen MR) is 76.7 cm³/mol. The van der Waals surface area contributed by atoms with E-state index in [4.69, 9.17) is 4.74 Å². The lowest BCUT2D eigenvalue weighted by Crippen LogP contribution is -2.46. The molecule has 1 aromatic heterocycles. The maximum Gasteiger partial charge on any atom is 0.274 e. The molecule has 1 N–H and O–H groups in total. The molecule has 2 unspecified atom stereocenters. The number of carbonyl (C=O) groups is 1. The highest BCUT2D eigenvalue weighted by Gasteiger charge is 2.29. The van der Waals surface area contributed by atoms with E-state index in [1.165, 1.54) is 0 Å². The van der Waals surface area contributed by atoms with Gasteiger partial charge in [-0.15, -0.1) is 10.2 Å². The second-order valence-corrected chi connectivity index (χ2v) is 5.13. The summed E-state index contributed by atoms with van der Waals surface area (Å²) in [5.41, 5.74) is 0.385. The highest BCUT2D eigenvalue weighted by Crippen LogP contribution is 2.20. The summed E-state index contributed by atoms with van der Waals surface area (Å²) in [4.78, 5) is 14.2. The molecule has 0 saturated carbocycles. The first-order valence-corrected chi connectivity index (χ1v) is 7.05. The Morgan fingerprint density at radius 3 is 2.90 bits per heavy atom. The molecule has 20 heavy (non-hydrogen) atoms. The predicted octanol–water partition coefficient (Wildman–Crippen LogP) is 1.41. The van der Waals surface area contributed by atoms with E-state index in [9.17, 15) is 4.79 Å². The summed E-state index contributed by atoms with van der Waals surface area (Å²) in [5.74, 6) is 1.09. The second kappa shape index (κ2) is 6.65. The third kappa shape index (κ3) is 3.25. The number of piperidine rings is 1. The molecule has 1 fully saturated rings. The van der Waals surface area contributed by atoms with Gasteiger partial charge in [0.05, 0.1) is 6.10 Å². The molecule has 1 aliphatic heterocycles. The molecule has 2 heterocycles. The molecule has 1 aliphatic rings. The van der Waals surface area contributed by atoms with E-state index in [0.29, 0.717) is 24.0 Å². The molecular weight excluding hydrogens is 256 g/mol. The first-order chi connectivity index (χ1) is 9.65. The number of methoxy groups -OCH3 is 1. The van der Waals surface area contributed by atoms with Gasteiger partial charge in [-0.2, -0.15) is 0 Å². The van der Waals surface area contributed by atoms with Gasteiger partial charge in [-0.05, 0) is 31.4 Å². The van der Waals surface area contributed by atoms with Crippen molar-refractivity contribution in [2.45, 2.75) is 26.4 Å². The van der Waals surface area contributed by atoms with E-state index in [1.54, 1.807) is 24.1 Å². The van der Waals surface area contributed by atoms with Crippen LogP contribution in [0.25, 0.3) is 0 Å². The Morgan fingerprint density at radius 2 is 2.30 bits per heavy atom. The monoisotopic (exact) mass is 278 g/mol. The van der Waals surface area contributed by atoms with Crippen molar-refractivity contribution < 1.29 is 9.53 Å². The quantitative estimate of drug-likeness (QED) is 0.902. The second-order valence-electron chi connectivity index (χ2n) is 5.13. The Kier molecular flexibility index (Phi) is 4.89. The Hall–Kier alpha value is -1.69. The van der Waals surface area contributed by atoms with Crippen LogP contribution in [0.15, 0.2) is 12.1 Å². The lowest BCUT2D eigenvalue weighted by Gasteiger charge is -2.35. The molecule has 2 atom stereocenters. The van der Waals surface area contributed by atoms with Gasteiger partial charge in [0.1, 0.15) is 5.82 Å². The van der Waals surface area contributed by atoms with E-state index >= 15 is 0 Å². The number of hydrogen-bond donors (Lipinski definition) is 1. The van der Waals surface area contributed by atoms with Crippen LogP contribution < -0.4 is 5.32 Å². The van der Waals surface area contributed by atoms with Crippen LogP contribution in [-0.4, -0.2) is 53.9 Å². The molecule has 110 valence electrons. The van der Waals surface area contributed by atoms with Gasteiger partial charge in [0.25, 0.3) is 5.91 Å². The highest BCUT2D eigenvalue weighted by molar-refractivity contribution is 5.92. The minimum absolute atomic E-state index is 0.0745. The molecule has 0 radical (unpaired) electrons. The number of nitrogens with one attached hydrogen (secondary N) is 1. The normalized spacial score (nSPS) is 22.6. The number of rotatable bonds is 4. The summed E-state index contributed by atoms with van der Waals surface area (Å²) in [6, 6.07) is 3.50. The van der Waals surface area contributed by atoms with Crippen LogP contribution in [0.5, 0.6) is 0 Å². The minimum atomic E-state index is -0.0745. The van der Waals surface area contributed by atoms with Crippen LogP contribution in [0.2, 0.25) is 0 Å². The van der Waals surface area contributed by atoms with Gasteiger partial charge in [-0.1, -0.05) is 6.92 Å². The number of ether oxygens (including phenoxy) is 1. The number of aromatic nitrogens is 2. The van der Waals surface area contributed by atoms with E-state index in [-0.39, 0.29) is 12.0 Å². The zero-order valence-electron chi connectivity index (χ0n) is 12.3. The molecule has 1 amide bonds. The Bertz CT molecular complexity index is 449. The number of amides is 1. The van der Waals surface area contributed by atoms with Crippen molar-refractivity contribution in [2.24, 2.45) is 5.92 Å². The van der Waals surface area contributed by atoms with Crippen LogP contribution in [-0.2, 0) is 4.74 Å². The van der Waals surface area contributed by atoms with Gasteiger partial charge >= 0.3 is 0 Å². The fourth-order valence-corrected chi connectivity index (χ4v) is 2.41. The topological polar surface area (TPSA) is 67.4 Å². The molecule has 6 nitrogen and oxygen atoms in total. The van der Waals surface area contributed by atoms with Crippen LogP contribution in [0.4, 0.5) is 5.82 Å². The molecule has 1 saturated heterocycles. The van der Waals surface area contributed by atoms with Crippen molar-refractivity contribution in [3.63, 3.8) is 0 Å². The Labute approximate surface area is 119 Å². The molecule has 2 rings (SSSR count). The standard InChI is InChI=1S/C14H22N4O2/c1-4-15-13-6-5-11(16-17-13)14(19)18-8-7-10(2)12(9-18)20-3/h5-6,10,12H,4,7-9H2,1-3H3,(H,15,17). The fourth-order valence-electron chi connectivity index (χ4n) is 2.41. The van der Waals surface area contributed by atoms with E-state index in [1.807, 2.05) is 6.92 Å². The molecule has 1 aromatic rings. The molecule has 0 aromatic carbocycles. The van der Waals surface area contributed by atoms with Crippen molar-refractivity contribution >= 4 is 11.7 Å². The van der Waals surface area contributed by atoms with Crippen LogP contribution in [0.1, 0.15) is 30.8 Å². The zero-order chi connectivity index (χ0) is 14.5. The molecule has 6 heteroatoms. The van der Waals surface area contributed by atoms with Crippen molar-refractivity contribution in [2.75, 3.05) is 32.1 Å². The number of nitrogens with zero attached hydrogens (tertiary/aromatic N) is 3. The number of hydrogen-bond acceptors (Lipinski definition) is 5. The summed E-state index contributed by atoms with van der Waals surface area (Å²) in [6.45, 7) is 6.28. The van der Waals surface area contributed by atoms with Crippen molar-refractivity contribution in [1.82, 2.24) is 15.1 Å². The smallest absolute Gasteiger partial charge is 0.274 e. The summed E-state index contributed by atoms with van der Waals surface area (Å²) >= 11 is 0. The maximum atomic E-state index is 12.4. The van der Waals surface area contributed by atoms with Crippen LogP contribution in [0.3, 0.4) is 0 Å². The SMILES string of the molecule is CCNc1ccc(C(=O)N2CCC(C)C(OC)C2)nn1. The lowest BCUT2D eigenvalue weighted by atomic mass is 9.95. The van der Waals surface area contributed by atoms with E-state index in [0.717, 1.165) is 19.5 Å². The number of anilines is 1. The van der Waals surface area contributed by atoms with E-state index < -0.39 is 0 Å². The Balaban J connectivity index is 2.03. The van der Waals surface area contributed by atoms with Crippen molar-refractivity contribution in [3.8, 4) is 0 Å². The van der Waals surface area contributed by atoms with Crippen molar-refractivity contribution in [1.29, 1.82) is 0 Å². The minimum Gasteiger partial charge on any atom is -0.379 e. The van der Waals surface area contributed by atoms with Crippen molar-refractivity contribution in [3.05, 3.63) is 17.8 Å². The van der Waals surface area contributed by atoms with Gasteiger partial charge in [0.2, 0.25) is 0 Å². The summed E-state index contributed by atoms with van der Waals surface area (Å²) in [5, 5.41) is 11.1. The van der Waals surface area contributed by atoms with Crippen LogP contribution in [0, 0.1) is 5.92 Å². The van der Waals surface area contributed by atoms with Gasteiger partial charge in [0, 0.05) is 26.7 Å². The first kappa shape index (κ1) is 14.7. The van der Waals surface area contributed by atoms with Crippen LogP contribution >= 0.6 is 0 Å². The van der Waals surface area contributed by atoms with Gasteiger partial charge < -0.3 is 15.0 Å². The molecule has 0 spiro atoms. The summed E-state index contributed by atoms with van der Waals surface area (Å²) < 4.78 is 5.43. The van der Waals surface area contributed by atoms with E-state index in [2.05, 4.69) is 22.4 Å². The molecule has 0 aliphatic carbocycles. The highest BCUT2D eigenvalue weighted by atomic mass is 16.5. The fraction of sp³-hybridized carbons (Fsp3) is 0.643. The number of carbonyl (C=O) groups excluding carboxylic acids is 1. The van der Waals surface area contributed by atoms with Gasteiger partial charge in [-0.3, -0.25) is 4.79 Å². The molecule has 0 bridgehead atoms. The average molecular weight is 278 g/mol. The summed E-state index contributed by atoms with van der Waals surface area (Å²) in [6.07, 6.45) is 1.05. The first-order valence-electron chi connectivity index (χ1n) is 7.05. The Morgan fingerprint density at radius 1 is 1.50 bits per heavy atom. The average Bonchev–Trinajstić information content (AvgIpc) is 2.48. The summed E-state index contributed by atoms with van der Waals surface area (Å²) in [7, 11) is 1.69.